The third-order valence-corrected chi connectivity index (χ3v) is 5.59. The molecule has 112 valence electrons. The van der Waals surface area contributed by atoms with E-state index in [9.17, 15) is 13.2 Å². The standard InChI is InChI=1S/C14H21NO4S/c1-10-9-11(5-6-12(10)15)13(16)19-7-8-20(17,18)14(2,3)4/h5-6,9H,7-8,15H2,1-4H3. The van der Waals surface area contributed by atoms with Crippen LogP contribution in [0.1, 0.15) is 36.7 Å². The third-order valence-electron chi connectivity index (χ3n) is 3.02. The molecule has 6 heteroatoms. The van der Waals surface area contributed by atoms with Crippen LogP contribution in [0.5, 0.6) is 0 Å². The highest BCUT2D eigenvalue weighted by Gasteiger charge is 2.28. The van der Waals surface area contributed by atoms with Gasteiger partial charge in [0.15, 0.2) is 9.84 Å². The van der Waals surface area contributed by atoms with Gasteiger partial charge < -0.3 is 10.5 Å². The normalized spacial score (nSPS) is 12.2. The van der Waals surface area contributed by atoms with Crippen molar-refractivity contribution in [2.24, 2.45) is 0 Å². The summed E-state index contributed by atoms with van der Waals surface area (Å²) in [5.41, 5.74) is 7.40. The van der Waals surface area contributed by atoms with Crippen LogP contribution in [0.4, 0.5) is 5.69 Å². The van der Waals surface area contributed by atoms with Crippen molar-refractivity contribution >= 4 is 21.5 Å². The zero-order valence-electron chi connectivity index (χ0n) is 12.3. The van der Waals surface area contributed by atoms with Gasteiger partial charge in [-0.2, -0.15) is 0 Å². The summed E-state index contributed by atoms with van der Waals surface area (Å²) in [4.78, 5) is 11.8. The second-order valence-corrected chi connectivity index (χ2v) is 8.50. The lowest BCUT2D eigenvalue weighted by Gasteiger charge is -2.18. The lowest BCUT2D eigenvalue weighted by Crippen LogP contribution is -2.32. The number of carbonyl (C=O) groups excluding carboxylic acids is 1. The Hall–Kier alpha value is -1.56. The molecule has 5 nitrogen and oxygen atoms in total. The van der Waals surface area contributed by atoms with E-state index in [-0.39, 0.29) is 12.4 Å². The molecule has 0 saturated carbocycles. The molecule has 1 rings (SSSR count). The lowest BCUT2D eigenvalue weighted by atomic mass is 10.1. The number of carbonyl (C=O) groups is 1. The van der Waals surface area contributed by atoms with Crippen LogP contribution in [-0.4, -0.2) is 31.5 Å². The number of nitrogens with two attached hydrogens (primary N) is 1. The van der Waals surface area contributed by atoms with E-state index >= 15 is 0 Å². The van der Waals surface area contributed by atoms with Gasteiger partial charge in [-0.15, -0.1) is 0 Å². The fourth-order valence-corrected chi connectivity index (χ4v) is 2.35. The monoisotopic (exact) mass is 299 g/mol. The van der Waals surface area contributed by atoms with Crippen molar-refractivity contribution in [1.82, 2.24) is 0 Å². The van der Waals surface area contributed by atoms with Gasteiger partial charge in [0, 0.05) is 5.69 Å². The fourth-order valence-electron chi connectivity index (χ4n) is 1.44. The molecule has 0 aromatic heterocycles. The van der Waals surface area contributed by atoms with Gasteiger partial charge in [-0.3, -0.25) is 0 Å². The van der Waals surface area contributed by atoms with Crippen LogP contribution in [0, 0.1) is 6.92 Å². The molecule has 0 aliphatic rings. The largest absolute Gasteiger partial charge is 0.461 e. The van der Waals surface area contributed by atoms with Crippen molar-refractivity contribution in [3.05, 3.63) is 29.3 Å². The van der Waals surface area contributed by atoms with Crippen molar-refractivity contribution < 1.29 is 17.9 Å². The summed E-state index contributed by atoms with van der Waals surface area (Å²) in [7, 11) is -3.29. The Morgan fingerprint density at radius 3 is 2.40 bits per heavy atom. The molecule has 0 saturated heterocycles. The van der Waals surface area contributed by atoms with E-state index in [1.54, 1.807) is 45.9 Å². The Labute approximate surface area is 120 Å². The number of rotatable bonds is 4. The summed E-state index contributed by atoms with van der Waals surface area (Å²) >= 11 is 0. The summed E-state index contributed by atoms with van der Waals surface area (Å²) in [5, 5.41) is 0. The second kappa shape index (κ2) is 5.83. The average molecular weight is 299 g/mol. The van der Waals surface area contributed by atoms with Crippen molar-refractivity contribution in [3.63, 3.8) is 0 Å². The van der Waals surface area contributed by atoms with Crippen molar-refractivity contribution in [3.8, 4) is 0 Å². The van der Waals surface area contributed by atoms with Crippen molar-refractivity contribution in [1.29, 1.82) is 0 Å². The van der Waals surface area contributed by atoms with E-state index in [4.69, 9.17) is 10.5 Å². The first kappa shape index (κ1) is 16.5. The van der Waals surface area contributed by atoms with Crippen LogP contribution in [0.25, 0.3) is 0 Å². The Bertz CT molecular complexity index is 600. The Morgan fingerprint density at radius 1 is 1.30 bits per heavy atom. The molecule has 0 aliphatic heterocycles. The molecule has 0 spiro atoms. The van der Waals surface area contributed by atoms with Crippen LogP contribution in [0.3, 0.4) is 0 Å². The van der Waals surface area contributed by atoms with Crippen molar-refractivity contribution in [2.45, 2.75) is 32.4 Å². The van der Waals surface area contributed by atoms with Gasteiger partial charge in [0.05, 0.1) is 16.1 Å². The Kier molecular flexibility index (Phi) is 4.81. The first-order valence-corrected chi connectivity index (χ1v) is 7.95. The van der Waals surface area contributed by atoms with Crippen LogP contribution in [-0.2, 0) is 14.6 Å². The molecule has 0 aliphatic carbocycles. The number of anilines is 1. The zero-order chi connectivity index (χ0) is 15.6. The van der Waals surface area contributed by atoms with Gasteiger partial charge in [-0.1, -0.05) is 0 Å². The minimum absolute atomic E-state index is 0.151. The molecule has 1 aromatic carbocycles. The maximum Gasteiger partial charge on any atom is 0.338 e. The molecule has 0 fully saturated rings. The van der Waals surface area contributed by atoms with Crippen LogP contribution in [0.15, 0.2) is 18.2 Å². The highest BCUT2D eigenvalue weighted by atomic mass is 32.2. The minimum Gasteiger partial charge on any atom is -0.461 e. The van der Waals surface area contributed by atoms with E-state index in [1.165, 1.54) is 0 Å². The number of hydrogen-bond acceptors (Lipinski definition) is 5. The quantitative estimate of drug-likeness (QED) is 0.678. The van der Waals surface area contributed by atoms with E-state index in [0.717, 1.165) is 5.56 Å². The Morgan fingerprint density at radius 2 is 1.90 bits per heavy atom. The van der Waals surface area contributed by atoms with Gasteiger partial charge in [-0.05, 0) is 51.5 Å². The highest BCUT2D eigenvalue weighted by molar-refractivity contribution is 7.92. The minimum atomic E-state index is -3.29. The molecule has 0 heterocycles. The topological polar surface area (TPSA) is 86.5 Å². The van der Waals surface area contributed by atoms with Gasteiger partial charge in [0.25, 0.3) is 0 Å². The Balaban J connectivity index is 2.63. The van der Waals surface area contributed by atoms with Crippen LogP contribution < -0.4 is 5.73 Å². The molecule has 0 radical (unpaired) electrons. The number of ether oxygens (including phenoxy) is 1. The maximum absolute atomic E-state index is 11.9. The molecule has 1 aromatic rings. The van der Waals surface area contributed by atoms with Gasteiger partial charge >= 0.3 is 5.97 Å². The van der Waals surface area contributed by atoms with E-state index in [1.807, 2.05) is 0 Å². The predicted molar refractivity (Wildman–Crippen MR) is 79.4 cm³/mol. The molecule has 0 bridgehead atoms. The van der Waals surface area contributed by atoms with Gasteiger partial charge in [0.1, 0.15) is 6.61 Å². The summed E-state index contributed by atoms with van der Waals surface area (Å²) in [6, 6.07) is 4.80. The van der Waals surface area contributed by atoms with Crippen molar-refractivity contribution in [2.75, 3.05) is 18.1 Å². The molecule has 0 atom stereocenters. The smallest absolute Gasteiger partial charge is 0.338 e. The molecular weight excluding hydrogens is 278 g/mol. The van der Waals surface area contributed by atoms with Crippen LogP contribution in [0.2, 0.25) is 0 Å². The zero-order valence-corrected chi connectivity index (χ0v) is 13.1. The summed E-state index contributed by atoms with van der Waals surface area (Å²) in [6.45, 7) is 6.49. The number of nitrogen functional groups attached to an aromatic ring is 1. The molecule has 2 N–H and O–H groups in total. The van der Waals surface area contributed by atoms with E-state index in [0.29, 0.717) is 11.3 Å². The molecular formula is C14H21NO4S. The lowest BCUT2D eigenvalue weighted by molar-refractivity contribution is 0.0529. The number of aryl methyl sites for hydroxylation is 1. The molecule has 20 heavy (non-hydrogen) atoms. The number of esters is 1. The van der Waals surface area contributed by atoms with Gasteiger partial charge in [0.2, 0.25) is 0 Å². The summed E-state index contributed by atoms with van der Waals surface area (Å²) in [5.74, 6) is -0.729. The molecule has 0 unspecified atom stereocenters. The first-order valence-electron chi connectivity index (χ1n) is 6.30. The predicted octanol–water partition coefficient (Wildman–Crippen LogP) is 1.95. The second-order valence-electron chi connectivity index (χ2n) is 5.64. The summed E-state index contributed by atoms with van der Waals surface area (Å²) < 4.78 is 27.9. The SMILES string of the molecule is Cc1cc(C(=O)OCCS(=O)(=O)C(C)(C)C)ccc1N. The first-order chi connectivity index (χ1) is 9.04. The maximum atomic E-state index is 11.9. The fraction of sp³-hybridized carbons (Fsp3) is 0.500. The van der Waals surface area contributed by atoms with Gasteiger partial charge in [-0.25, -0.2) is 13.2 Å². The summed E-state index contributed by atoms with van der Waals surface area (Å²) in [6.07, 6.45) is 0. The van der Waals surface area contributed by atoms with Crippen LogP contribution >= 0.6 is 0 Å². The number of sulfone groups is 1. The molecule has 0 amide bonds. The third kappa shape index (κ3) is 3.96. The van der Waals surface area contributed by atoms with E-state index in [2.05, 4.69) is 0 Å². The highest BCUT2D eigenvalue weighted by Crippen LogP contribution is 2.16. The average Bonchev–Trinajstić information content (AvgIpc) is 2.30. The number of hydrogen-bond donors (Lipinski definition) is 1. The van der Waals surface area contributed by atoms with E-state index < -0.39 is 20.6 Å². The number of benzene rings is 1.